The van der Waals surface area contributed by atoms with Crippen LogP contribution in [0.5, 0.6) is 0 Å². The fourth-order valence-corrected chi connectivity index (χ4v) is 3.09. The zero-order chi connectivity index (χ0) is 20.1. The minimum atomic E-state index is -0.573. The maximum absolute atomic E-state index is 13.7. The van der Waals surface area contributed by atoms with Gasteiger partial charge in [0.1, 0.15) is 11.6 Å². The second kappa shape index (κ2) is 8.85. The molecule has 3 aromatic rings. The van der Waals surface area contributed by atoms with Crippen molar-refractivity contribution in [3.05, 3.63) is 89.1 Å². The van der Waals surface area contributed by atoms with E-state index in [9.17, 15) is 8.78 Å². The van der Waals surface area contributed by atoms with Crippen molar-refractivity contribution in [1.29, 1.82) is 5.41 Å². The molecular formula is C22H20F2N3P. The maximum Gasteiger partial charge on any atom is 0.131 e. The van der Waals surface area contributed by atoms with E-state index in [1.165, 1.54) is 24.4 Å². The summed E-state index contributed by atoms with van der Waals surface area (Å²) in [6.07, 6.45) is 4.61. The molecule has 0 aliphatic heterocycles. The first kappa shape index (κ1) is 19.8. The molecule has 1 aromatic heterocycles. The summed E-state index contributed by atoms with van der Waals surface area (Å²) in [7, 11) is 2.63. The molecule has 0 saturated carbocycles. The van der Waals surface area contributed by atoms with Crippen LogP contribution >= 0.6 is 9.24 Å². The number of hydrogen-bond acceptors (Lipinski definition) is 3. The third-order valence-electron chi connectivity index (χ3n) is 4.40. The number of hydrogen-bond donors (Lipinski definition) is 2. The lowest BCUT2D eigenvalue weighted by molar-refractivity contribution is 0.560. The van der Waals surface area contributed by atoms with Gasteiger partial charge in [-0.25, -0.2) is 8.78 Å². The predicted octanol–water partition coefficient (Wildman–Crippen LogP) is 5.81. The monoisotopic (exact) mass is 395 g/mol. The van der Waals surface area contributed by atoms with Crippen LogP contribution in [0.4, 0.5) is 14.5 Å². The zero-order valence-corrected chi connectivity index (χ0v) is 16.5. The van der Waals surface area contributed by atoms with Crippen LogP contribution in [0.1, 0.15) is 16.7 Å². The van der Waals surface area contributed by atoms with Gasteiger partial charge in [-0.2, -0.15) is 0 Å². The van der Waals surface area contributed by atoms with Crippen LogP contribution < -0.4 is 5.32 Å². The summed E-state index contributed by atoms with van der Waals surface area (Å²) >= 11 is 0. The molecule has 0 aliphatic carbocycles. The second-order valence-corrected chi connectivity index (χ2v) is 6.93. The van der Waals surface area contributed by atoms with Gasteiger partial charge in [0.2, 0.25) is 0 Å². The largest absolute Gasteiger partial charge is 0.379 e. The Hall–Kier alpha value is -2.91. The first-order valence-corrected chi connectivity index (χ1v) is 9.27. The van der Waals surface area contributed by atoms with Crippen LogP contribution in [0.2, 0.25) is 0 Å². The minimum absolute atomic E-state index is 0.00100. The molecule has 0 radical (unpaired) electrons. The summed E-state index contributed by atoms with van der Waals surface area (Å²) in [6, 6.07) is 13.6. The number of aryl methyl sites for hydroxylation is 1. The lowest BCUT2D eigenvalue weighted by Gasteiger charge is -2.11. The summed E-state index contributed by atoms with van der Waals surface area (Å²) in [5.74, 6) is -1.15. The smallest absolute Gasteiger partial charge is 0.131 e. The molecular weight excluding hydrogens is 375 g/mol. The average molecular weight is 395 g/mol. The highest BCUT2D eigenvalue weighted by molar-refractivity contribution is 7.31. The quantitative estimate of drug-likeness (QED) is 0.409. The first-order valence-electron chi connectivity index (χ1n) is 8.70. The maximum atomic E-state index is 13.7. The predicted molar refractivity (Wildman–Crippen MR) is 115 cm³/mol. The van der Waals surface area contributed by atoms with Crippen LogP contribution in [0, 0.1) is 24.0 Å². The SMILES string of the molecule is Cc1ccc(/C(P)=C/C=N)cc1-c1ccc(NCc2c(F)cccc2F)cn1. The number of pyridine rings is 1. The second-order valence-electron chi connectivity index (χ2n) is 6.30. The van der Waals surface area contributed by atoms with Gasteiger partial charge >= 0.3 is 0 Å². The number of aromatic nitrogens is 1. The van der Waals surface area contributed by atoms with Gasteiger partial charge in [0.05, 0.1) is 17.6 Å². The van der Waals surface area contributed by atoms with E-state index >= 15 is 0 Å². The average Bonchev–Trinajstić information content (AvgIpc) is 2.69. The lowest BCUT2D eigenvalue weighted by Crippen LogP contribution is -2.04. The molecule has 1 atom stereocenters. The van der Waals surface area contributed by atoms with Crippen molar-refractivity contribution in [2.45, 2.75) is 13.5 Å². The Morgan fingerprint density at radius 3 is 2.54 bits per heavy atom. The molecule has 0 saturated heterocycles. The van der Waals surface area contributed by atoms with Crippen LogP contribution in [-0.2, 0) is 6.54 Å². The molecule has 28 heavy (non-hydrogen) atoms. The van der Waals surface area contributed by atoms with Gasteiger partial charge in [-0.05, 0) is 59.8 Å². The standard InChI is InChI=1S/C22H20F2N3P/c1-14-5-6-15(22(28)9-10-25)11-17(14)21-8-7-16(12-27-21)26-13-18-19(23)3-2-4-20(18)24/h2-12,25-26H,13,28H2,1H3/b22-9-,25-10?. The molecule has 3 rings (SSSR count). The normalized spacial score (nSPS) is 11.4. The Morgan fingerprint density at radius 1 is 1.14 bits per heavy atom. The highest BCUT2D eigenvalue weighted by Gasteiger charge is 2.09. The summed E-state index contributed by atoms with van der Waals surface area (Å²) in [5, 5.41) is 11.1. The molecule has 0 bridgehead atoms. The molecule has 2 N–H and O–H groups in total. The van der Waals surface area contributed by atoms with Crippen molar-refractivity contribution >= 4 is 26.5 Å². The fourth-order valence-electron chi connectivity index (χ4n) is 2.81. The van der Waals surface area contributed by atoms with E-state index in [1.54, 1.807) is 12.3 Å². The Kier molecular flexibility index (Phi) is 6.27. The van der Waals surface area contributed by atoms with Crippen LogP contribution in [0.3, 0.4) is 0 Å². The number of benzene rings is 2. The van der Waals surface area contributed by atoms with E-state index in [4.69, 9.17) is 5.41 Å². The van der Waals surface area contributed by atoms with Gasteiger partial charge in [-0.3, -0.25) is 4.98 Å². The van der Waals surface area contributed by atoms with Gasteiger partial charge in [0.15, 0.2) is 0 Å². The summed E-state index contributed by atoms with van der Waals surface area (Å²) in [4.78, 5) is 4.49. The van der Waals surface area contributed by atoms with E-state index < -0.39 is 11.6 Å². The number of nitrogens with zero attached hydrogens (tertiary/aromatic N) is 1. The van der Waals surface area contributed by atoms with E-state index in [-0.39, 0.29) is 12.1 Å². The van der Waals surface area contributed by atoms with Gasteiger partial charge in [0.25, 0.3) is 0 Å². The molecule has 0 aliphatic rings. The third kappa shape index (κ3) is 4.49. The van der Waals surface area contributed by atoms with Crippen LogP contribution in [0.15, 0.2) is 60.8 Å². The molecule has 142 valence electrons. The van der Waals surface area contributed by atoms with E-state index in [1.807, 2.05) is 37.3 Å². The molecule has 0 spiro atoms. The van der Waals surface area contributed by atoms with E-state index in [0.717, 1.165) is 27.7 Å². The van der Waals surface area contributed by atoms with Gasteiger partial charge in [-0.15, -0.1) is 9.24 Å². The van der Waals surface area contributed by atoms with Gasteiger partial charge in [0, 0.05) is 23.9 Å². The van der Waals surface area contributed by atoms with E-state index in [0.29, 0.717) is 5.69 Å². The van der Waals surface area contributed by atoms with Crippen molar-refractivity contribution in [3.63, 3.8) is 0 Å². The Bertz CT molecular complexity index is 1010. The number of allylic oxidation sites excluding steroid dienone is 1. The van der Waals surface area contributed by atoms with Crippen LogP contribution in [0.25, 0.3) is 16.6 Å². The summed E-state index contributed by atoms with van der Waals surface area (Å²) in [5.41, 5.74) is 4.54. The van der Waals surface area contributed by atoms with Gasteiger partial charge < -0.3 is 10.7 Å². The summed E-state index contributed by atoms with van der Waals surface area (Å²) < 4.78 is 27.5. The number of rotatable bonds is 6. The molecule has 0 fully saturated rings. The molecule has 3 nitrogen and oxygen atoms in total. The highest BCUT2D eigenvalue weighted by atomic mass is 31.0. The first-order chi connectivity index (χ1) is 13.5. The molecule has 0 amide bonds. The molecule has 1 heterocycles. The molecule has 6 heteroatoms. The van der Waals surface area contributed by atoms with Crippen molar-refractivity contribution < 1.29 is 8.78 Å². The van der Waals surface area contributed by atoms with Crippen molar-refractivity contribution in [2.24, 2.45) is 0 Å². The molecule has 2 aromatic carbocycles. The Morgan fingerprint density at radius 2 is 1.89 bits per heavy atom. The zero-order valence-electron chi connectivity index (χ0n) is 15.3. The third-order valence-corrected chi connectivity index (χ3v) is 4.93. The number of halogens is 2. The fraction of sp³-hybridized carbons (Fsp3) is 0.0909. The minimum Gasteiger partial charge on any atom is -0.379 e. The Balaban J connectivity index is 1.80. The highest BCUT2D eigenvalue weighted by Crippen LogP contribution is 2.29. The number of anilines is 1. The molecule has 1 unspecified atom stereocenters. The van der Waals surface area contributed by atoms with Crippen LogP contribution in [-0.4, -0.2) is 11.2 Å². The lowest BCUT2D eigenvalue weighted by atomic mass is 10.0. The number of nitrogens with one attached hydrogen (secondary N) is 2. The van der Waals surface area contributed by atoms with Crippen molar-refractivity contribution in [1.82, 2.24) is 4.98 Å². The van der Waals surface area contributed by atoms with E-state index in [2.05, 4.69) is 19.5 Å². The van der Waals surface area contributed by atoms with Crippen molar-refractivity contribution in [2.75, 3.05) is 5.32 Å². The summed E-state index contributed by atoms with van der Waals surface area (Å²) in [6.45, 7) is 2.05. The van der Waals surface area contributed by atoms with Crippen molar-refractivity contribution in [3.8, 4) is 11.3 Å². The Labute approximate surface area is 165 Å². The van der Waals surface area contributed by atoms with Gasteiger partial charge in [-0.1, -0.05) is 18.2 Å². The topological polar surface area (TPSA) is 48.8 Å².